The van der Waals surface area contributed by atoms with Gasteiger partial charge in [0, 0.05) is 0 Å². The molecule has 1 aromatic rings. The van der Waals surface area contributed by atoms with Crippen molar-refractivity contribution in [2.75, 3.05) is 13.7 Å². The molecule has 0 aliphatic carbocycles. The van der Waals surface area contributed by atoms with Gasteiger partial charge in [0.25, 0.3) is 0 Å². The Morgan fingerprint density at radius 1 is 1.25 bits per heavy atom. The quantitative estimate of drug-likeness (QED) is 0.682. The number of allylic oxidation sites excluding steroid dienone is 2. The summed E-state index contributed by atoms with van der Waals surface area (Å²) in [7, 11) is 1.67. The maximum atomic E-state index is 5.47. The van der Waals surface area contributed by atoms with Gasteiger partial charge in [-0.15, -0.1) is 0 Å². The predicted molar refractivity (Wildman–Crippen MR) is 67.3 cm³/mol. The molecule has 1 aromatic carbocycles. The third-order valence-corrected chi connectivity index (χ3v) is 2.36. The molecule has 2 nitrogen and oxygen atoms in total. The zero-order chi connectivity index (χ0) is 11.8. The van der Waals surface area contributed by atoms with Gasteiger partial charge in [-0.1, -0.05) is 18.2 Å². The second kappa shape index (κ2) is 6.94. The van der Waals surface area contributed by atoms with Crippen molar-refractivity contribution in [1.82, 2.24) is 0 Å². The van der Waals surface area contributed by atoms with Crippen molar-refractivity contribution < 1.29 is 9.47 Å². The smallest absolute Gasteiger partial charge is 0.161 e. The summed E-state index contributed by atoms with van der Waals surface area (Å²) in [6, 6.07) is 6.12. The molecule has 0 unspecified atom stereocenters. The zero-order valence-corrected chi connectivity index (χ0v) is 10.3. The van der Waals surface area contributed by atoms with Crippen LogP contribution < -0.4 is 9.47 Å². The van der Waals surface area contributed by atoms with Crippen molar-refractivity contribution >= 4 is 0 Å². The molecule has 0 spiro atoms. The summed E-state index contributed by atoms with van der Waals surface area (Å²) in [5.41, 5.74) is 1.28. The lowest BCUT2D eigenvalue weighted by atomic mass is 10.1. The van der Waals surface area contributed by atoms with Gasteiger partial charge in [0.1, 0.15) is 0 Å². The second-order valence-corrected chi connectivity index (χ2v) is 3.53. The third-order valence-electron chi connectivity index (χ3n) is 2.36. The van der Waals surface area contributed by atoms with Gasteiger partial charge < -0.3 is 9.47 Å². The van der Waals surface area contributed by atoms with Crippen LogP contribution in [0.2, 0.25) is 0 Å². The summed E-state index contributed by atoms with van der Waals surface area (Å²) in [5, 5.41) is 0. The van der Waals surface area contributed by atoms with Crippen LogP contribution in [-0.4, -0.2) is 13.7 Å². The monoisotopic (exact) mass is 220 g/mol. The molecule has 0 saturated carbocycles. The summed E-state index contributed by atoms with van der Waals surface area (Å²) in [6.07, 6.45) is 6.34. The van der Waals surface area contributed by atoms with E-state index >= 15 is 0 Å². The zero-order valence-electron chi connectivity index (χ0n) is 10.3. The molecule has 0 aromatic heterocycles. The molecule has 0 atom stereocenters. The lowest BCUT2D eigenvalue weighted by Gasteiger charge is -2.10. The Morgan fingerprint density at radius 3 is 2.69 bits per heavy atom. The van der Waals surface area contributed by atoms with Crippen LogP contribution in [-0.2, 0) is 6.42 Å². The summed E-state index contributed by atoms with van der Waals surface area (Å²) in [6.45, 7) is 4.67. The average Bonchev–Trinajstić information content (AvgIpc) is 2.31. The minimum Gasteiger partial charge on any atom is -0.493 e. The van der Waals surface area contributed by atoms with E-state index in [0.29, 0.717) is 6.61 Å². The SMILES string of the molecule is C/C=C\CCc1ccc(OCC)c(OC)c1. The van der Waals surface area contributed by atoms with Crippen LogP contribution in [0.5, 0.6) is 11.5 Å². The lowest BCUT2D eigenvalue weighted by Crippen LogP contribution is -1.96. The fourth-order valence-electron chi connectivity index (χ4n) is 1.56. The van der Waals surface area contributed by atoms with E-state index < -0.39 is 0 Å². The van der Waals surface area contributed by atoms with E-state index in [9.17, 15) is 0 Å². The van der Waals surface area contributed by atoms with Crippen molar-refractivity contribution in [3.05, 3.63) is 35.9 Å². The van der Waals surface area contributed by atoms with Crippen molar-refractivity contribution in [2.24, 2.45) is 0 Å². The van der Waals surface area contributed by atoms with Gasteiger partial charge in [-0.2, -0.15) is 0 Å². The number of hydrogen-bond acceptors (Lipinski definition) is 2. The van der Waals surface area contributed by atoms with Gasteiger partial charge in [0.05, 0.1) is 13.7 Å². The number of methoxy groups -OCH3 is 1. The second-order valence-electron chi connectivity index (χ2n) is 3.53. The normalized spacial score (nSPS) is 10.7. The van der Waals surface area contributed by atoms with E-state index in [1.807, 2.05) is 19.9 Å². The van der Waals surface area contributed by atoms with Gasteiger partial charge >= 0.3 is 0 Å². The van der Waals surface area contributed by atoms with E-state index in [1.54, 1.807) is 7.11 Å². The first kappa shape index (κ1) is 12.6. The fourth-order valence-corrected chi connectivity index (χ4v) is 1.56. The Morgan fingerprint density at radius 2 is 2.06 bits per heavy atom. The van der Waals surface area contributed by atoms with E-state index in [-0.39, 0.29) is 0 Å². The molecule has 2 heteroatoms. The number of rotatable bonds is 6. The molecule has 0 aliphatic heterocycles. The Bertz CT molecular complexity index is 343. The minimum atomic E-state index is 0.661. The lowest BCUT2D eigenvalue weighted by molar-refractivity contribution is 0.310. The highest BCUT2D eigenvalue weighted by Crippen LogP contribution is 2.28. The van der Waals surface area contributed by atoms with Gasteiger partial charge in [0.2, 0.25) is 0 Å². The predicted octanol–water partition coefficient (Wildman–Crippen LogP) is 3.60. The number of ether oxygens (including phenoxy) is 2. The molecule has 0 saturated heterocycles. The van der Waals surface area contributed by atoms with Gasteiger partial charge in [0.15, 0.2) is 11.5 Å². The summed E-state index contributed by atoms with van der Waals surface area (Å²) in [4.78, 5) is 0. The van der Waals surface area contributed by atoms with Crippen LogP contribution in [0.1, 0.15) is 25.8 Å². The van der Waals surface area contributed by atoms with Gasteiger partial charge in [-0.05, 0) is 44.4 Å². The Balaban J connectivity index is 2.73. The Kier molecular flexibility index (Phi) is 5.48. The van der Waals surface area contributed by atoms with Crippen LogP contribution in [0.3, 0.4) is 0 Å². The largest absolute Gasteiger partial charge is 0.493 e. The molecular weight excluding hydrogens is 200 g/mol. The highest BCUT2D eigenvalue weighted by Gasteiger charge is 2.04. The van der Waals surface area contributed by atoms with Crippen LogP contribution in [0.15, 0.2) is 30.4 Å². The molecule has 88 valence electrons. The fraction of sp³-hybridized carbons (Fsp3) is 0.429. The van der Waals surface area contributed by atoms with Crippen LogP contribution in [0.4, 0.5) is 0 Å². The standard InChI is InChI=1S/C14H20O2/c1-4-6-7-8-12-9-10-13(16-5-2)14(11-12)15-3/h4,6,9-11H,5,7-8H2,1-3H3/b6-4-. The first-order valence-corrected chi connectivity index (χ1v) is 5.72. The highest BCUT2D eigenvalue weighted by molar-refractivity contribution is 5.43. The first-order chi connectivity index (χ1) is 7.81. The molecule has 0 aliphatic rings. The van der Waals surface area contributed by atoms with Crippen molar-refractivity contribution in [3.8, 4) is 11.5 Å². The number of hydrogen-bond donors (Lipinski definition) is 0. The van der Waals surface area contributed by atoms with Gasteiger partial charge in [-0.25, -0.2) is 0 Å². The molecule has 0 N–H and O–H groups in total. The first-order valence-electron chi connectivity index (χ1n) is 5.72. The van der Waals surface area contributed by atoms with Crippen molar-refractivity contribution in [1.29, 1.82) is 0 Å². The van der Waals surface area contributed by atoms with E-state index in [0.717, 1.165) is 24.3 Å². The molecule has 0 radical (unpaired) electrons. The van der Waals surface area contributed by atoms with E-state index in [4.69, 9.17) is 9.47 Å². The van der Waals surface area contributed by atoms with Crippen molar-refractivity contribution in [2.45, 2.75) is 26.7 Å². The molecule has 0 bridgehead atoms. The molecule has 0 fully saturated rings. The number of benzene rings is 1. The van der Waals surface area contributed by atoms with E-state index in [2.05, 4.69) is 24.3 Å². The topological polar surface area (TPSA) is 18.5 Å². The average molecular weight is 220 g/mol. The minimum absolute atomic E-state index is 0.661. The van der Waals surface area contributed by atoms with Gasteiger partial charge in [-0.3, -0.25) is 0 Å². The van der Waals surface area contributed by atoms with Crippen LogP contribution >= 0.6 is 0 Å². The third kappa shape index (κ3) is 3.61. The number of aryl methyl sites for hydroxylation is 1. The van der Waals surface area contributed by atoms with Crippen LogP contribution in [0, 0.1) is 0 Å². The van der Waals surface area contributed by atoms with Crippen LogP contribution in [0.25, 0.3) is 0 Å². The molecule has 16 heavy (non-hydrogen) atoms. The molecular formula is C14H20O2. The molecule has 0 amide bonds. The highest BCUT2D eigenvalue weighted by atomic mass is 16.5. The maximum Gasteiger partial charge on any atom is 0.161 e. The Labute approximate surface area is 97.9 Å². The summed E-state index contributed by atoms with van der Waals surface area (Å²) in [5.74, 6) is 1.64. The maximum absolute atomic E-state index is 5.47. The molecule has 1 rings (SSSR count). The molecule has 0 heterocycles. The van der Waals surface area contributed by atoms with Crippen molar-refractivity contribution in [3.63, 3.8) is 0 Å². The summed E-state index contributed by atoms with van der Waals surface area (Å²) >= 11 is 0. The Hall–Kier alpha value is -1.44. The van der Waals surface area contributed by atoms with E-state index in [1.165, 1.54) is 5.56 Å². The summed E-state index contributed by atoms with van der Waals surface area (Å²) < 4.78 is 10.8.